The van der Waals surface area contributed by atoms with Crippen molar-refractivity contribution in [2.45, 2.75) is 0 Å². The molecule has 0 amide bonds. The summed E-state index contributed by atoms with van der Waals surface area (Å²) in [6.45, 7) is 0. The van der Waals surface area contributed by atoms with E-state index in [0.717, 1.165) is 227 Å². The van der Waals surface area contributed by atoms with E-state index in [9.17, 15) is 0 Å². The maximum Gasteiger partial charge on any atom is 0.164 e. The van der Waals surface area contributed by atoms with Crippen molar-refractivity contribution in [3.63, 3.8) is 0 Å². The summed E-state index contributed by atoms with van der Waals surface area (Å²) in [7, 11) is 0. The predicted octanol–water partition coefficient (Wildman–Crippen LogP) is 34.0. The van der Waals surface area contributed by atoms with E-state index in [1.165, 1.54) is 5.56 Å². The summed E-state index contributed by atoms with van der Waals surface area (Å²) >= 11 is 0. The average molecular weight is 1740 g/mol. The number of rotatable bonds is 16. The van der Waals surface area contributed by atoms with Crippen LogP contribution in [0.15, 0.2) is 491 Å². The Morgan fingerprint density at radius 3 is 0.787 bits per heavy atom. The van der Waals surface area contributed by atoms with E-state index >= 15 is 0 Å². The molecule has 0 saturated carbocycles. The van der Waals surface area contributed by atoms with E-state index in [1.54, 1.807) is 0 Å². The lowest BCUT2D eigenvalue weighted by Gasteiger charge is -2.12. The second-order valence-electron chi connectivity index (χ2n) is 34.2. The molecule has 0 aliphatic carbocycles. The van der Waals surface area contributed by atoms with Crippen LogP contribution in [0.2, 0.25) is 0 Å². The first kappa shape index (κ1) is 79.8. The van der Waals surface area contributed by atoms with Gasteiger partial charge >= 0.3 is 0 Å². The van der Waals surface area contributed by atoms with Crippen LogP contribution in [0.5, 0.6) is 0 Å². The molecular formula is C126H78N6O4. The van der Waals surface area contributed by atoms with Crippen LogP contribution >= 0.6 is 0 Å². The normalized spacial score (nSPS) is 11.5. The molecule has 0 bridgehead atoms. The molecule has 136 heavy (non-hydrogen) atoms. The molecular weight excluding hydrogens is 1660 g/mol. The zero-order chi connectivity index (χ0) is 89.9. The minimum atomic E-state index is 0.584. The van der Waals surface area contributed by atoms with Crippen LogP contribution in [0.3, 0.4) is 0 Å². The van der Waals surface area contributed by atoms with Gasteiger partial charge in [-0.25, -0.2) is 29.9 Å². The fourth-order valence-corrected chi connectivity index (χ4v) is 19.2. The van der Waals surface area contributed by atoms with Crippen molar-refractivity contribution in [3.8, 4) is 180 Å². The smallest absolute Gasteiger partial charge is 0.164 e. The monoisotopic (exact) mass is 1740 g/mol. The van der Waals surface area contributed by atoms with Gasteiger partial charge in [0.05, 0.1) is 0 Å². The first-order valence-electron chi connectivity index (χ1n) is 45.6. The number of para-hydroxylation sites is 3. The molecule has 0 radical (unpaired) electrons. The summed E-state index contributed by atoms with van der Waals surface area (Å²) < 4.78 is 26.2. The molecule has 10 nitrogen and oxygen atoms in total. The van der Waals surface area contributed by atoms with Crippen LogP contribution in [0.1, 0.15) is 0 Å². The molecule has 0 unspecified atom stereocenters. The first-order valence-corrected chi connectivity index (χ1v) is 45.6. The number of aromatic nitrogens is 6. The van der Waals surface area contributed by atoms with Gasteiger partial charge in [0.1, 0.15) is 44.7 Å². The van der Waals surface area contributed by atoms with Crippen LogP contribution in [-0.2, 0) is 0 Å². The molecule has 636 valence electrons. The van der Waals surface area contributed by atoms with E-state index in [0.29, 0.717) is 34.9 Å². The fourth-order valence-electron chi connectivity index (χ4n) is 19.2. The van der Waals surface area contributed by atoms with Gasteiger partial charge < -0.3 is 17.7 Å². The lowest BCUT2D eigenvalue weighted by molar-refractivity contribution is 0.668. The highest BCUT2D eigenvalue weighted by Crippen LogP contribution is 2.47. The zero-order valence-corrected chi connectivity index (χ0v) is 73.3. The molecule has 0 fully saturated rings. The third kappa shape index (κ3) is 14.9. The molecule has 10 heteroatoms. The van der Waals surface area contributed by atoms with Crippen LogP contribution in [-0.4, -0.2) is 29.9 Å². The molecule has 6 heterocycles. The van der Waals surface area contributed by atoms with E-state index < -0.39 is 0 Å². The molecule has 0 atom stereocenters. The number of benzene rings is 20. The zero-order valence-electron chi connectivity index (χ0n) is 73.3. The summed E-state index contributed by atoms with van der Waals surface area (Å²) in [5.41, 5.74) is 34.6. The molecule has 0 N–H and O–H groups in total. The van der Waals surface area contributed by atoms with Crippen LogP contribution in [0.25, 0.3) is 267 Å². The number of hydrogen-bond acceptors (Lipinski definition) is 10. The summed E-state index contributed by atoms with van der Waals surface area (Å²) in [5, 5.41) is 8.44. The molecule has 20 aromatic carbocycles. The number of fused-ring (bicyclic) bond motifs is 12. The van der Waals surface area contributed by atoms with Crippen molar-refractivity contribution in [2.24, 2.45) is 0 Å². The third-order valence-electron chi connectivity index (χ3n) is 26.0. The van der Waals surface area contributed by atoms with Gasteiger partial charge in [0.15, 0.2) is 34.9 Å². The Labute approximate surface area is 782 Å². The fraction of sp³-hybridized carbons (Fsp3) is 0. The van der Waals surface area contributed by atoms with Crippen LogP contribution < -0.4 is 0 Å². The molecule has 6 aromatic heterocycles. The first-order chi connectivity index (χ1) is 67.4. The minimum Gasteiger partial charge on any atom is -0.456 e. The van der Waals surface area contributed by atoms with Crippen molar-refractivity contribution in [3.05, 3.63) is 473 Å². The van der Waals surface area contributed by atoms with Crippen molar-refractivity contribution in [2.75, 3.05) is 0 Å². The molecule has 26 aromatic rings. The van der Waals surface area contributed by atoms with Crippen LogP contribution in [0.4, 0.5) is 0 Å². The minimum absolute atomic E-state index is 0.584. The van der Waals surface area contributed by atoms with Crippen molar-refractivity contribution in [1.29, 1.82) is 0 Å². The Bertz CT molecular complexity index is 9020. The summed E-state index contributed by atoms with van der Waals surface area (Å²) in [6.07, 6.45) is 0. The molecule has 0 aliphatic rings. The van der Waals surface area contributed by atoms with Crippen molar-refractivity contribution >= 4 is 87.8 Å². The van der Waals surface area contributed by atoms with E-state index in [-0.39, 0.29) is 0 Å². The lowest BCUT2D eigenvalue weighted by atomic mass is 9.92. The SMILES string of the molecule is c1ccc(-c2ccc3c(c2)oc2c(-c4ccc(-c5ccc(-c6ccc(-c7nc(-c8ccccc8)nc(-c8cccc9oc%10ccc(-c%11ccccc%11)cc%10c89)n7)cc6)cc5)cc4)cccc23)cc1.c1ccc(-c2ccc3oc4cccc(-c5nc(-c6ccccc6)nc(-c6ccc(-c7ccc(-c8ccccc8-c8cccc9c8oc8c(-c%10ccccc%10)cccc89)cc7)cc6)n5)c4c3c2)cc1. The van der Waals surface area contributed by atoms with E-state index in [1.807, 2.05) is 109 Å². The van der Waals surface area contributed by atoms with Gasteiger partial charge in [0.2, 0.25) is 0 Å². The summed E-state index contributed by atoms with van der Waals surface area (Å²) in [6, 6.07) is 164. The van der Waals surface area contributed by atoms with Gasteiger partial charge in [-0.15, -0.1) is 0 Å². The Morgan fingerprint density at radius 1 is 0.118 bits per heavy atom. The Hall–Kier alpha value is -18.4. The van der Waals surface area contributed by atoms with Crippen molar-refractivity contribution < 1.29 is 17.7 Å². The van der Waals surface area contributed by atoms with Crippen LogP contribution in [0, 0.1) is 0 Å². The highest BCUT2D eigenvalue weighted by molar-refractivity contribution is 6.17. The maximum atomic E-state index is 6.82. The van der Waals surface area contributed by atoms with Gasteiger partial charge in [0, 0.05) is 93.2 Å². The molecule has 26 rings (SSSR count). The van der Waals surface area contributed by atoms with Gasteiger partial charge in [-0.05, 0) is 143 Å². The van der Waals surface area contributed by atoms with Gasteiger partial charge in [-0.1, -0.05) is 425 Å². The van der Waals surface area contributed by atoms with Gasteiger partial charge in [0.25, 0.3) is 0 Å². The molecule has 0 aliphatic heterocycles. The highest BCUT2D eigenvalue weighted by Gasteiger charge is 2.25. The van der Waals surface area contributed by atoms with Gasteiger partial charge in [-0.3, -0.25) is 0 Å². The lowest BCUT2D eigenvalue weighted by Crippen LogP contribution is -2.00. The third-order valence-corrected chi connectivity index (χ3v) is 26.0. The Balaban J connectivity index is 0.000000145. The maximum absolute atomic E-state index is 6.82. The largest absolute Gasteiger partial charge is 0.456 e. The molecule has 0 spiro atoms. The Morgan fingerprint density at radius 2 is 0.375 bits per heavy atom. The van der Waals surface area contributed by atoms with E-state index in [4.69, 9.17) is 47.6 Å². The second kappa shape index (κ2) is 34.2. The average Bonchev–Trinajstić information content (AvgIpc) is 1.58. The number of furan rings is 4. The number of nitrogens with zero attached hydrogens (tertiary/aromatic N) is 6. The second-order valence-corrected chi connectivity index (χ2v) is 34.2. The standard InChI is InChI=1S/2C63H39N3O2/c1-4-12-40(13-5-1)49-35-37-56-55(38-49)59-54(20-11-21-57(59)67-56)63-65-61(47-16-8-3-9-17-47)64-62(66-63)48-32-28-45(29-33-48)43-24-22-42(23-25-43)44-26-30-46(31-27-44)51-18-10-19-53-52-36-34-50(39-58(52)68-60(51)53)41-14-6-2-7-15-41;1-4-15-40(16-5-1)47-37-38-56-55(39-47)58-54(27-14-28-57(58)67-56)63-65-61(45-19-8-3-9-20-45)64-62(66-63)46-35-31-42(32-36-46)41-29-33-44(34-30-41)48-21-10-11-22-50(48)51-24-13-26-53-52-25-12-23-49(59(52)68-60(51)53)43-17-6-2-7-18-43/h2*1-39H. The van der Waals surface area contributed by atoms with Gasteiger partial charge in [-0.2, -0.15) is 0 Å². The summed E-state index contributed by atoms with van der Waals surface area (Å²) in [5.74, 6) is 3.58. The Kier molecular flexibility index (Phi) is 20.0. The quantitative estimate of drug-likeness (QED) is 0.0922. The van der Waals surface area contributed by atoms with Crippen molar-refractivity contribution in [1.82, 2.24) is 29.9 Å². The summed E-state index contributed by atoms with van der Waals surface area (Å²) in [4.78, 5) is 30.6. The number of hydrogen-bond donors (Lipinski definition) is 0. The molecule has 0 saturated heterocycles. The topological polar surface area (TPSA) is 130 Å². The van der Waals surface area contributed by atoms with E-state index in [2.05, 4.69) is 364 Å². The highest BCUT2D eigenvalue weighted by atomic mass is 16.3. The predicted molar refractivity (Wildman–Crippen MR) is 556 cm³/mol.